The van der Waals surface area contributed by atoms with Crippen molar-refractivity contribution in [3.05, 3.63) is 11.7 Å². The highest BCUT2D eigenvalue weighted by Crippen LogP contribution is 2.43. The van der Waals surface area contributed by atoms with Crippen molar-refractivity contribution in [3.63, 3.8) is 0 Å². The first-order valence-electron chi connectivity index (χ1n) is 9.06. The van der Waals surface area contributed by atoms with Gasteiger partial charge in [0.05, 0.1) is 6.54 Å². The Balaban J connectivity index is 1.57. The maximum Gasteiger partial charge on any atom is 0.320 e. The molecule has 2 saturated heterocycles. The van der Waals surface area contributed by atoms with E-state index in [1.54, 1.807) is 0 Å². The summed E-state index contributed by atoms with van der Waals surface area (Å²) in [4.78, 5) is 20.5. The lowest BCUT2D eigenvalue weighted by molar-refractivity contribution is -0.142. The van der Waals surface area contributed by atoms with Gasteiger partial charge in [0.1, 0.15) is 6.04 Å². The molecule has 134 valence electrons. The molecule has 1 atom stereocenters. The molecule has 2 fully saturated rings. The van der Waals surface area contributed by atoms with Gasteiger partial charge in [0, 0.05) is 13.0 Å². The summed E-state index contributed by atoms with van der Waals surface area (Å²) in [5, 5.41) is 13.5. The quantitative estimate of drug-likeness (QED) is 0.848. The molecule has 0 amide bonds. The van der Waals surface area contributed by atoms with Gasteiger partial charge < -0.3 is 9.63 Å². The number of aryl methyl sites for hydroxylation is 1. The molecule has 3 rings (SSSR count). The minimum Gasteiger partial charge on any atom is -0.480 e. The molecule has 7 heteroatoms. The molecule has 0 saturated carbocycles. The highest BCUT2D eigenvalue weighted by molar-refractivity contribution is 5.74. The van der Waals surface area contributed by atoms with Crippen LogP contribution in [0.3, 0.4) is 0 Å². The summed E-state index contributed by atoms with van der Waals surface area (Å²) in [6.07, 6.45) is 4.67. The van der Waals surface area contributed by atoms with E-state index in [0.717, 1.165) is 64.1 Å². The predicted octanol–water partition coefficient (Wildman–Crippen LogP) is 1.78. The van der Waals surface area contributed by atoms with Crippen LogP contribution in [-0.2, 0) is 17.8 Å². The van der Waals surface area contributed by atoms with Gasteiger partial charge in [0.25, 0.3) is 0 Å². The molecular weight excluding hydrogens is 308 g/mol. The molecule has 2 aliphatic heterocycles. The summed E-state index contributed by atoms with van der Waals surface area (Å²) in [6, 6.07) is -0.306. The lowest BCUT2D eigenvalue weighted by Crippen LogP contribution is -2.41. The summed E-state index contributed by atoms with van der Waals surface area (Å²) >= 11 is 0. The molecule has 24 heavy (non-hydrogen) atoms. The van der Waals surface area contributed by atoms with Crippen LogP contribution in [0.5, 0.6) is 0 Å². The zero-order valence-corrected chi connectivity index (χ0v) is 14.7. The number of piperidine rings is 1. The summed E-state index contributed by atoms with van der Waals surface area (Å²) < 4.78 is 5.28. The van der Waals surface area contributed by atoms with Crippen LogP contribution >= 0.6 is 0 Å². The molecule has 0 aliphatic carbocycles. The van der Waals surface area contributed by atoms with Crippen LogP contribution in [0, 0.1) is 5.41 Å². The Morgan fingerprint density at radius 3 is 2.71 bits per heavy atom. The maximum atomic E-state index is 11.6. The summed E-state index contributed by atoms with van der Waals surface area (Å²) in [6.45, 7) is 8.56. The van der Waals surface area contributed by atoms with E-state index in [0.29, 0.717) is 12.4 Å². The SMILES string of the molecule is CCCN1CC2(CCN(Cc3nc(CC)no3)CC2)CC1C(=O)O. The average Bonchev–Trinajstić information content (AvgIpc) is 3.15. The van der Waals surface area contributed by atoms with E-state index in [1.165, 1.54) is 0 Å². The molecular formula is C17H28N4O3. The van der Waals surface area contributed by atoms with Crippen molar-refractivity contribution in [2.45, 2.75) is 58.5 Å². The second-order valence-electron chi connectivity index (χ2n) is 7.26. The molecule has 1 aromatic rings. The number of aromatic nitrogens is 2. The zero-order valence-electron chi connectivity index (χ0n) is 14.7. The van der Waals surface area contributed by atoms with Crippen LogP contribution in [0.2, 0.25) is 0 Å². The lowest BCUT2D eigenvalue weighted by Gasteiger charge is -2.38. The molecule has 7 nitrogen and oxygen atoms in total. The number of nitrogens with zero attached hydrogens (tertiary/aromatic N) is 4. The number of hydrogen-bond acceptors (Lipinski definition) is 6. The van der Waals surface area contributed by atoms with Gasteiger partial charge in [-0.2, -0.15) is 4.98 Å². The molecule has 2 aliphatic rings. The fraction of sp³-hybridized carbons (Fsp3) is 0.824. The molecule has 0 radical (unpaired) electrons. The van der Waals surface area contributed by atoms with Crippen LogP contribution in [0.4, 0.5) is 0 Å². The van der Waals surface area contributed by atoms with Gasteiger partial charge in [0.15, 0.2) is 5.82 Å². The zero-order chi connectivity index (χ0) is 17.2. The second kappa shape index (κ2) is 7.19. The number of carbonyl (C=O) groups is 1. The summed E-state index contributed by atoms with van der Waals surface area (Å²) in [5.41, 5.74) is 0.165. The van der Waals surface area contributed by atoms with Crippen molar-refractivity contribution in [1.29, 1.82) is 0 Å². The number of rotatable bonds is 6. The van der Waals surface area contributed by atoms with Gasteiger partial charge in [0.2, 0.25) is 5.89 Å². The van der Waals surface area contributed by atoms with Crippen molar-refractivity contribution < 1.29 is 14.4 Å². The van der Waals surface area contributed by atoms with E-state index in [-0.39, 0.29) is 11.5 Å². The Labute approximate surface area is 143 Å². The Morgan fingerprint density at radius 2 is 2.12 bits per heavy atom. The second-order valence-corrected chi connectivity index (χ2v) is 7.26. The molecule has 0 aromatic carbocycles. The third kappa shape index (κ3) is 3.62. The molecule has 0 bridgehead atoms. The van der Waals surface area contributed by atoms with Crippen LogP contribution < -0.4 is 0 Å². The van der Waals surface area contributed by atoms with Crippen molar-refractivity contribution in [2.24, 2.45) is 5.41 Å². The number of carboxylic acids is 1. The average molecular weight is 336 g/mol. The van der Waals surface area contributed by atoms with Crippen LogP contribution in [0.15, 0.2) is 4.52 Å². The normalized spacial score (nSPS) is 24.7. The maximum absolute atomic E-state index is 11.6. The molecule has 1 unspecified atom stereocenters. The Hall–Kier alpha value is -1.47. The Morgan fingerprint density at radius 1 is 1.38 bits per heavy atom. The first-order chi connectivity index (χ1) is 11.5. The van der Waals surface area contributed by atoms with Crippen molar-refractivity contribution in [1.82, 2.24) is 19.9 Å². The van der Waals surface area contributed by atoms with E-state index in [1.807, 2.05) is 6.92 Å². The summed E-state index contributed by atoms with van der Waals surface area (Å²) in [7, 11) is 0. The largest absolute Gasteiger partial charge is 0.480 e. The monoisotopic (exact) mass is 336 g/mol. The topological polar surface area (TPSA) is 82.7 Å². The third-order valence-corrected chi connectivity index (χ3v) is 5.50. The number of hydrogen-bond donors (Lipinski definition) is 1. The molecule has 1 aromatic heterocycles. The van der Waals surface area contributed by atoms with Gasteiger partial charge in [-0.25, -0.2) is 0 Å². The van der Waals surface area contributed by atoms with Crippen LogP contribution in [0.25, 0.3) is 0 Å². The van der Waals surface area contributed by atoms with Crippen molar-refractivity contribution >= 4 is 5.97 Å². The smallest absolute Gasteiger partial charge is 0.320 e. The van der Waals surface area contributed by atoms with Crippen molar-refractivity contribution in [3.8, 4) is 0 Å². The molecule has 3 heterocycles. The van der Waals surface area contributed by atoms with Gasteiger partial charge in [-0.3, -0.25) is 14.6 Å². The third-order valence-electron chi connectivity index (χ3n) is 5.50. The lowest BCUT2D eigenvalue weighted by atomic mass is 9.76. The highest BCUT2D eigenvalue weighted by atomic mass is 16.5. The van der Waals surface area contributed by atoms with Gasteiger partial charge in [-0.15, -0.1) is 0 Å². The number of carboxylic acid groups (broad SMARTS) is 1. The predicted molar refractivity (Wildman–Crippen MR) is 88.5 cm³/mol. The van der Waals surface area contributed by atoms with E-state index in [9.17, 15) is 9.90 Å². The van der Waals surface area contributed by atoms with E-state index in [2.05, 4.69) is 26.9 Å². The van der Waals surface area contributed by atoms with Gasteiger partial charge >= 0.3 is 5.97 Å². The van der Waals surface area contributed by atoms with Crippen LogP contribution in [0.1, 0.15) is 51.2 Å². The van der Waals surface area contributed by atoms with Crippen LogP contribution in [-0.4, -0.2) is 63.2 Å². The Kier molecular flexibility index (Phi) is 5.20. The number of aliphatic carboxylic acids is 1. The first kappa shape index (κ1) is 17.4. The Bertz CT molecular complexity index is 566. The molecule has 1 N–H and O–H groups in total. The van der Waals surface area contributed by atoms with Gasteiger partial charge in [-0.1, -0.05) is 19.0 Å². The highest BCUT2D eigenvalue weighted by Gasteiger charge is 2.47. The van der Waals surface area contributed by atoms with E-state index >= 15 is 0 Å². The minimum absolute atomic E-state index is 0.165. The molecule has 1 spiro atoms. The van der Waals surface area contributed by atoms with Crippen molar-refractivity contribution in [2.75, 3.05) is 26.2 Å². The summed E-state index contributed by atoms with van der Waals surface area (Å²) in [5.74, 6) is 0.778. The van der Waals surface area contributed by atoms with Gasteiger partial charge in [-0.05, 0) is 50.7 Å². The van der Waals surface area contributed by atoms with E-state index in [4.69, 9.17) is 4.52 Å². The fourth-order valence-electron chi connectivity index (χ4n) is 4.15. The minimum atomic E-state index is -0.666. The fourth-order valence-corrected chi connectivity index (χ4v) is 4.15. The van der Waals surface area contributed by atoms with E-state index < -0.39 is 5.97 Å². The first-order valence-corrected chi connectivity index (χ1v) is 9.06. The standard InChI is InChI=1S/C17H28N4O3/c1-3-7-21-12-17(10-13(21)16(22)23)5-8-20(9-6-17)11-15-18-14(4-2)19-24-15/h13H,3-12H2,1-2H3,(H,22,23). The number of likely N-dealkylation sites (tertiary alicyclic amines) is 2.